The molecule has 0 aromatic heterocycles. The lowest BCUT2D eigenvalue weighted by Crippen LogP contribution is -2.62. The molecule has 8 nitrogen and oxygen atoms in total. The van der Waals surface area contributed by atoms with Crippen molar-refractivity contribution in [1.82, 2.24) is 14.7 Å². The largest absolute Gasteiger partial charge is 0.373 e. The van der Waals surface area contributed by atoms with Gasteiger partial charge in [0.15, 0.2) is 0 Å². The predicted octanol–water partition coefficient (Wildman–Crippen LogP) is 3.11. The Labute approximate surface area is 214 Å². The quantitative estimate of drug-likeness (QED) is 0.605. The molecule has 0 N–H and O–H groups in total. The van der Waals surface area contributed by atoms with Crippen molar-refractivity contribution in [2.45, 2.75) is 77.2 Å². The van der Waals surface area contributed by atoms with Gasteiger partial charge in [-0.05, 0) is 64.5 Å². The summed E-state index contributed by atoms with van der Waals surface area (Å²) < 4.78 is 5.86. The van der Waals surface area contributed by atoms with Crippen LogP contribution in [0.3, 0.4) is 0 Å². The number of morpholine rings is 1. The van der Waals surface area contributed by atoms with Crippen molar-refractivity contribution in [3.8, 4) is 0 Å². The second-order valence-electron chi connectivity index (χ2n) is 11.3. The van der Waals surface area contributed by atoms with Crippen molar-refractivity contribution in [3.63, 3.8) is 0 Å². The smallest absolute Gasteiger partial charge is 0.257 e. The number of amides is 3. The van der Waals surface area contributed by atoms with Gasteiger partial charge in [-0.1, -0.05) is 12.1 Å². The highest BCUT2D eigenvalue weighted by Gasteiger charge is 2.52. The van der Waals surface area contributed by atoms with Crippen LogP contribution in [0.4, 0.5) is 5.69 Å². The average molecular weight is 497 g/mol. The minimum atomic E-state index is -0.654. The van der Waals surface area contributed by atoms with Crippen molar-refractivity contribution in [2.75, 3.05) is 44.2 Å². The molecule has 3 saturated heterocycles. The first-order valence-electron chi connectivity index (χ1n) is 13.7. The van der Waals surface area contributed by atoms with Crippen LogP contribution in [0.5, 0.6) is 0 Å². The fraction of sp³-hybridized carbons (Fsp3) is 0.679. The van der Waals surface area contributed by atoms with Crippen LogP contribution < -0.4 is 4.90 Å². The van der Waals surface area contributed by atoms with E-state index in [-0.39, 0.29) is 29.9 Å². The van der Waals surface area contributed by atoms with Gasteiger partial charge in [-0.3, -0.25) is 24.2 Å². The molecule has 4 heterocycles. The molecule has 3 amide bonds. The van der Waals surface area contributed by atoms with Gasteiger partial charge in [0.25, 0.3) is 5.91 Å². The molecule has 0 spiro atoms. The van der Waals surface area contributed by atoms with E-state index in [9.17, 15) is 14.4 Å². The highest BCUT2D eigenvalue weighted by atomic mass is 16.5. The van der Waals surface area contributed by atoms with E-state index >= 15 is 0 Å². The Morgan fingerprint density at radius 1 is 1.08 bits per heavy atom. The molecule has 3 atom stereocenters. The Kier molecular flexibility index (Phi) is 7.10. The summed E-state index contributed by atoms with van der Waals surface area (Å²) in [6, 6.07) is 7.37. The number of carbonyl (C=O) groups excluding carboxylic acids is 3. The number of anilines is 1. The number of hydrogen-bond donors (Lipinski definition) is 0. The highest BCUT2D eigenvalue weighted by Crippen LogP contribution is 2.44. The van der Waals surface area contributed by atoms with Crippen molar-refractivity contribution in [3.05, 3.63) is 29.8 Å². The van der Waals surface area contributed by atoms with E-state index in [2.05, 4.69) is 18.7 Å². The van der Waals surface area contributed by atoms with Crippen LogP contribution in [0.15, 0.2) is 24.3 Å². The van der Waals surface area contributed by atoms with Crippen LogP contribution in [0.1, 0.15) is 69.7 Å². The maximum atomic E-state index is 13.4. The number of rotatable bonds is 6. The molecule has 0 aliphatic carbocycles. The number of fused-ring (bicyclic) bond motifs is 3. The van der Waals surface area contributed by atoms with Crippen molar-refractivity contribution < 1.29 is 19.1 Å². The summed E-state index contributed by atoms with van der Waals surface area (Å²) in [7, 11) is 0. The van der Waals surface area contributed by atoms with Gasteiger partial charge >= 0.3 is 0 Å². The van der Waals surface area contributed by atoms with Gasteiger partial charge in [0.05, 0.1) is 23.5 Å². The summed E-state index contributed by atoms with van der Waals surface area (Å²) in [5.41, 5.74) is 0.629. The molecule has 1 aromatic carbocycles. The van der Waals surface area contributed by atoms with E-state index in [0.29, 0.717) is 49.4 Å². The fourth-order valence-electron chi connectivity index (χ4n) is 6.75. The first-order valence-corrected chi connectivity index (χ1v) is 13.7. The molecular formula is C28H40N4O4. The molecule has 3 unspecified atom stereocenters. The SMILES string of the molecule is CC1CN(CC2CCN(C(=O)CCCN3C(=O)c4ccccc4N4C(=O)CCC34C)CC2)CC(C)O1. The Morgan fingerprint density at radius 3 is 2.50 bits per heavy atom. The van der Waals surface area contributed by atoms with E-state index in [1.54, 1.807) is 11.0 Å². The molecule has 0 radical (unpaired) electrons. The maximum Gasteiger partial charge on any atom is 0.257 e. The number of ether oxygens (including phenoxy) is 1. The Morgan fingerprint density at radius 2 is 1.78 bits per heavy atom. The number of likely N-dealkylation sites (tertiary alicyclic amines) is 1. The molecular weight excluding hydrogens is 456 g/mol. The van der Waals surface area contributed by atoms with E-state index in [1.807, 2.05) is 34.9 Å². The number of benzene rings is 1. The van der Waals surface area contributed by atoms with Crippen molar-refractivity contribution in [1.29, 1.82) is 0 Å². The zero-order valence-corrected chi connectivity index (χ0v) is 21.9. The third kappa shape index (κ3) is 4.77. The first-order chi connectivity index (χ1) is 17.3. The summed E-state index contributed by atoms with van der Waals surface area (Å²) in [4.78, 5) is 47.2. The lowest BCUT2D eigenvalue weighted by atomic mass is 9.95. The van der Waals surface area contributed by atoms with Crippen LogP contribution in [0.25, 0.3) is 0 Å². The lowest BCUT2D eigenvalue weighted by Gasteiger charge is -2.48. The van der Waals surface area contributed by atoms with E-state index in [0.717, 1.165) is 45.6 Å². The fourth-order valence-corrected chi connectivity index (χ4v) is 6.75. The summed E-state index contributed by atoms with van der Waals surface area (Å²) in [6.45, 7) is 11.4. The third-order valence-electron chi connectivity index (χ3n) is 8.50. The van der Waals surface area contributed by atoms with Gasteiger partial charge in [-0.15, -0.1) is 0 Å². The predicted molar refractivity (Wildman–Crippen MR) is 138 cm³/mol. The Hall–Kier alpha value is -2.45. The van der Waals surface area contributed by atoms with Crippen LogP contribution >= 0.6 is 0 Å². The second kappa shape index (κ2) is 10.1. The van der Waals surface area contributed by atoms with E-state index in [1.165, 1.54) is 0 Å². The lowest BCUT2D eigenvalue weighted by molar-refractivity contribution is -0.133. The van der Waals surface area contributed by atoms with Crippen molar-refractivity contribution >= 4 is 23.4 Å². The van der Waals surface area contributed by atoms with Gasteiger partial charge in [0, 0.05) is 52.1 Å². The van der Waals surface area contributed by atoms with Crippen LogP contribution in [-0.2, 0) is 14.3 Å². The maximum absolute atomic E-state index is 13.4. The molecule has 196 valence electrons. The number of carbonyl (C=O) groups is 3. The van der Waals surface area contributed by atoms with Crippen LogP contribution in [0.2, 0.25) is 0 Å². The average Bonchev–Trinajstić information content (AvgIpc) is 3.16. The van der Waals surface area contributed by atoms with Crippen LogP contribution in [-0.4, -0.2) is 89.6 Å². The summed E-state index contributed by atoms with van der Waals surface area (Å²) in [5.74, 6) is 0.821. The summed E-state index contributed by atoms with van der Waals surface area (Å²) in [6.07, 6.45) is 4.75. The molecule has 0 bridgehead atoms. The Bertz CT molecular complexity index is 997. The van der Waals surface area contributed by atoms with Gasteiger partial charge in [0.2, 0.25) is 11.8 Å². The number of nitrogens with zero attached hydrogens (tertiary/aromatic N) is 4. The zero-order chi connectivity index (χ0) is 25.4. The normalized spacial score (nSPS) is 29.5. The summed E-state index contributed by atoms with van der Waals surface area (Å²) in [5, 5.41) is 0. The molecule has 8 heteroatoms. The highest BCUT2D eigenvalue weighted by molar-refractivity contribution is 6.10. The Balaban J connectivity index is 1.12. The molecule has 0 saturated carbocycles. The van der Waals surface area contributed by atoms with Crippen LogP contribution in [0, 0.1) is 5.92 Å². The molecule has 4 aliphatic rings. The molecule has 5 rings (SSSR count). The number of piperidine rings is 1. The zero-order valence-electron chi connectivity index (χ0n) is 21.9. The molecule has 36 heavy (non-hydrogen) atoms. The molecule has 3 fully saturated rings. The number of para-hydroxylation sites is 1. The molecule has 4 aliphatic heterocycles. The second-order valence-corrected chi connectivity index (χ2v) is 11.3. The first kappa shape index (κ1) is 25.2. The minimum Gasteiger partial charge on any atom is -0.373 e. The van der Waals surface area contributed by atoms with Gasteiger partial charge < -0.3 is 14.5 Å². The van der Waals surface area contributed by atoms with Gasteiger partial charge in [-0.25, -0.2) is 0 Å². The number of hydrogen-bond acceptors (Lipinski definition) is 5. The topological polar surface area (TPSA) is 73.4 Å². The third-order valence-corrected chi connectivity index (χ3v) is 8.50. The van der Waals surface area contributed by atoms with Crippen molar-refractivity contribution in [2.24, 2.45) is 5.92 Å². The summed E-state index contributed by atoms with van der Waals surface area (Å²) >= 11 is 0. The van der Waals surface area contributed by atoms with E-state index < -0.39 is 5.66 Å². The minimum absolute atomic E-state index is 0.0425. The standard InChI is InChI=1S/C28H40N4O4/c1-20-17-29(18-21(2)36-20)19-22-11-15-30(16-12-22)25(33)9-6-14-31-27(35)23-7-4-5-8-24(23)32-26(34)10-13-28(31,32)3/h4-5,7-8,20-22H,6,9-19H2,1-3H3. The van der Waals surface area contributed by atoms with Gasteiger partial charge in [0.1, 0.15) is 5.66 Å². The molecule has 1 aromatic rings. The monoisotopic (exact) mass is 496 g/mol. The van der Waals surface area contributed by atoms with Gasteiger partial charge in [-0.2, -0.15) is 0 Å². The van der Waals surface area contributed by atoms with E-state index in [4.69, 9.17) is 4.74 Å².